The third-order valence-corrected chi connectivity index (χ3v) is 9.61. The first kappa shape index (κ1) is 36.0. The zero-order valence-electron chi connectivity index (χ0n) is 28.3. The Morgan fingerprint density at radius 2 is 1.00 bits per heavy atom. The van der Waals surface area contributed by atoms with Crippen LogP contribution in [0, 0.1) is 13.8 Å². The Hall–Kier alpha value is -5.76. The first-order valence-corrected chi connectivity index (χ1v) is 17.3. The number of amides is 4. The van der Waals surface area contributed by atoms with Crippen LogP contribution in [0.5, 0.6) is 0 Å². The molecule has 52 heavy (non-hydrogen) atoms. The highest BCUT2D eigenvalue weighted by Crippen LogP contribution is 2.37. The molecular formula is C40H32Cl2N4O6. The summed E-state index contributed by atoms with van der Waals surface area (Å²) < 4.78 is 0. The van der Waals surface area contributed by atoms with Crippen molar-refractivity contribution in [2.24, 2.45) is 0 Å². The number of hydrogen-bond donors (Lipinski definition) is 2. The minimum atomic E-state index is -0.929. The molecule has 2 aliphatic heterocycles. The smallest absolute Gasteiger partial charge is 0.314 e. The number of carbonyl (C=O) groups is 4. The normalized spacial score (nSPS) is 13.8. The molecule has 4 aromatic rings. The van der Waals surface area contributed by atoms with Gasteiger partial charge in [-0.05, 0) is 123 Å². The number of aryl methyl sites for hydroxylation is 2. The van der Waals surface area contributed by atoms with E-state index in [1.54, 1.807) is 84.3 Å². The van der Waals surface area contributed by atoms with Gasteiger partial charge in [-0.2, -0.15) is 0 Å². The lowest BCUT2D eigenvalue weighted by Gasteiger charge is -2.24. The van der Waals surface area contributed by atoms with Gasteiger partial charge in [0.25, 0.3) is 11.8 Å². The summed E-state index contributed by atoms with van der Waals surface area (Å²) in [5, 5.41) is 6.03. The number of fused-ring (bicyclic) bond motifs is 2. The Balaban J connectivity index is 1.13. The molecule has 0 spiro atoms. The molecule has 0 aliphatic carbocycles. The predicted octanol–water partition coefficient (Wildman–Crippen LogP) is 7.50. The predicted molar refractivity (Wildman–Crippen MR) is 203 cm³/mol. The summed E-state index contributed by atoms with van der Waals surface area (Å²) in [5.41, 5.74) is 5.72. The Morgan fingerprint density at radius 1 is 0.596 bits per heavy atom. The van der Waals surface area contributed by atoms with E-state index in [-0.39, 0.29) is 11.8 Å². The largest absolute Gasteiger partial charge is 0.318 e. The fourth-order valence-corrected chi connectivity index (χ4v) is 6.92. The molecule has 10 nitrogen and oxygen atoms in total. The SMILES string of the molecule is Cc1cc(NC(=O)C(=O)Nc2ccc(C(=O)N3CCCC(=C=O)c4cc(Cl)ccc43)c(C)c2)ccc1C(=O)N1CCCC(=C=O)c2cc(Cl)ccc21. The summed E-state index contributed by atoms with van der Waals surface area (Å²) in [4.78, 5) is 79.8. The molecule has 2 aliphatic rings. The van der Waals surface area contributed by atoms with Gasteiger partial charge < -0.3 is 20.4 Å². The minimum absolute atomic E-state index is 0.284. The second-order valence-electron chi connectivity index (χ2n) is 12.6. The van der Waals surface area contributed by atoms with Gasteiger partial charge in [0.15, 0.2) is 0 Å². The minimum Gasteiger partial charge on any atom is -0.318 e. The second kappa shape index (κ2) is 15.2. The zero-order valence-corrected chi connectivity index (χ0v) is 29.8. The van der Waals surface area contributed by atoms with Gasteiger partial charge >= 0.3 is 11.8 Å². The van der Waals surface area contributed by atoms with Crippen molar-refractivity contribution in [1.29, 1.82) is 0 Å². The van der Waals surface area contributed by atoms with E-state index in [4.69, 9.17) is 23.2 Å². The number of allylic oxidation sites excluding steroid dienone is 2. The third kappa shape index (κ3) is 7.33. The number of nitrogens with one attached hydrogen (secondary N) is 2. The van der Waals surface area contributed by atoms with E-state index >= 15 is 0 Å². The molecule has 0 fully saturated rings. The highest BCUT2D eigenvalue weighted by atomic mass is 35.5. The van der Waals surface area contributed by atoms with Gasteiger partial charge in [0.2, 0.25) is 0 Å². The Labute approximate surface area is 309 Å². The van der Waals surface area contributed by atoms with E-state index < -0.39 is 11.8 Å². The van der Waals surface area contributed by atoms with Crippen molar-refractivity contribution in [3.05, 3.63) is 116 Å². The van der Waals surface area contributed by atoms with Crippen molar-refractivity contribution in [2.75, 3.05) is 33.5 Å². The third-order valence-electron chi connectivity index (χ3n) is 9.14. The highest BCUT2D eigenvalue weighted by molar-refractivity contribution is 6.43. The summed E-state index contributed by atoms with van der Waals surface area (Å²) in [6.45, 7) is 4.21. The van der Waals surface area contributed by atoms with Crippen LogP contribution < -0.4 is 20.4 Å². The highest BCUT2D eigenvalue weighted by Gasteiger charge is 2.28. The molecule has 0 bridgehead atoms. The molecule has 6 rings (SSSR count). The number of rotatable bonds is 4. The van der Waals surface area contributed by atoms with Gasteiger partial charge in [0, 0.05) is 67.9 Å². The Bertz CT molecular complexity index is 2110. The maximum atomic E-state index is 13.7. The van der Waals surface area contributed by atoms with E-state index in [0.717, 1.165) is 0 Å². The molecular weight excluding hydrogens is 703 g/mol. The second-order valence-corrected chi connectivity index (χ2v) is 13.4. The van der Waals surface area contributed by atoms with Crippen LogP contribution in [0.4, 0.5) is 22.7 Å². The number of nitrogens with zero attached hydrogens (tertiary/aromatic N) is 2. The standard InChI is InChI=1S/C40H32Cl2N4O6/c1-23-17-29(9-11-31(23)39(51)45-15-3-5-25(21-47)33-19-27(41)7-13-35(33)45)43-37(49)38(50)44-30-10-12-32(24(2)18-30)40(52)46-16-4-6-26(22-48)34-20-28(42)8-14-36(34)46/h7-14,17-20H,3-6,15-16H2,1-2H3,(H,43,49)(H,44,50). The van der Waals surface area contributed by atoms with Gasteiger partial charge in [-0.1, -0.05) is 23.2 Å². The number of halogens is 2. The van der Waals surface area contributed by atoms with Gasteiger partial charge in [-0.15, -0.1) is 0 Å². The molecule has 2 heterocycles. The van der Waals surface area contributed by atoms with Gasteiger partial charge in [-0.3, -0.25) is 19.2 Å². The quantitative estimate of drug-likeness (QED) is 0.165. The van der Waals surface area contributed by atoms with E-state index in [9.17, 15) is 28.8 Å². The van der Waals surface area contributed by atoms with Gasteiger partial charge in [-0.25, -0.2) is 9.59 Å². The lowest BCUT2D eigenvalue weighted by atomic mass is 10.0. The van der Waals surface area contributed by atoms with Crippen LogP contribution in [0.1, 0.15) is 68.7 Å². The van der Waals surface area contributed by atoms with Crippen LogP contribution in [-0.2, 0) is 19.2 Å². The molecule has 0 aromatic heterocycles. The first-order valence-electron chi connectivity index (χ1n) is 16.5. The van der Waals surface area contributed by atoms with Crippen LogP contribution in [-0.4, -0.2) is 48.6 Å². The summed E-state index contributed by atoms with van der Waals surface area (Å²) in [6.07, 6.45) is 2.04. The first-order chi connectivity index (χ1) is 25.0. The summed E-state index contributed by atoms with van der Waals surface area (Å²) in [5.74, 6) is 1.55. The zero-order chi connectivity index (χ0) is 37.1. The van der Waals surface area contributed by atoms with Crippen LogP contribution in [0.25, 0.3) is 11.1 Å². The maximum Gasteiger partial charge on any atom is 0.314 e. The number of carbonyl (C=O) groups excluding carboxylic acids is 6. The van der Waals surface area contributed by atoms with Crippen molar-refractivity contribution in [2.45, 2.75) is 39.5 Å². The molecule has 0 radical (unpaired) electrons. The molecule has 0 atom stereocenters. The molecule has 0 unspecified atom stereocenters. The van der Waals surface area contributed by atoms with E-state index in [2.05, 4.69) is 10.6 Å². The molecule has 262 valence electrons. The lowest BCUT2D eigenvalue weighted by Crippen LogP contribution is -2.32. The molecule has 2 N–H and O–H groups in total. The summed E-state index contributed by atoms with van der Waals surface area (Å²) >= 11 is 12.4. The number of anilines is 4. The topological polar surface area (TPSA) is 133 Å². The maximum absolute atomic E-state index is 13.7. The molecule has 12 heteroatoms. The average molecular weight is 736 g/mol. The van der Waals surface area contributed by atoms with Crippen molar-refractivity contribution >= 4 is 92.6 Å². The van der Waals surface area contributed by atoms with Crippen molar-refractivity contribution in [1.82, 2.24) is 0 Å². The van der Waals surface area contributed by atoms with E-state index in [1.807, 2.05) is 11.9 Å². The molecule has 0 saturated heterocycles. The Kier molecular flexibility index (Phi) is 10.6. The monoisotopic (exact) mass is 734 g/mol. The fraction of sp³-hybridized carbons (Fsp3) is 0.200. The number of benzene rings is 4. The van der Waals surface area contributed by atoms with Crippen LogP contribution in [0.15, 0.2) is 72.8 Å². The van der Waals surface area contributed by atoms with Crippen molar-refractivity contribution < 1.29 is 28.8 Å². The van der Waals surface area contributed by atoms with Crippen molar-refractivity contribution in [3.63, 3.8) is 0 Å². The fourth-order valence-electron chi connectivity index (χ4n) is 6.57. The van der Waals surface area contributed by atoms with Crippen molar-refractivity contribution in [3.8, 4) is 0 Å². The molecule has 4 amide bonds. The van der Waals surface area contributed by atoms with Crippen LogP contribution >= 0.6 is 23.2 Å². The summed E-state index contributed by atoms with van der Waals surface area (Å²) in [6, 6.07) is 19.5. The average Bonchev–Trinajstić information content (AvgIpc) is 3.42. The van der Waals surface area contributed by atoms with Crippen LogP contribution in [0.3, 0.4) is 0 Å². The van der Waals surface area contributed by atoms with Gasteiger partial charge in [0.05, 0.1) is 11.4 Å². The molecule has 0 saturated carbocycles. The molecule has 4 aromatic carbocycles. The lowest BCUT2D eigenvalue weighted by molar-refractivity contribution is -0.132. The van der Waals surface area contributed by atoms with Gasteiger partial charge in [0.1, 0.15) is 11.9 Å². The number of hydrogen-bond acceptors (Lipinski definition) is 6. The Morgan fingerprint density at radius 3 is 1.37 bits per heavy atom. The van der Waals surface area contributed by atoms with E-state index in [0.29, 0.717) is 116 Å². The van der Waals surface area contributed by atoms with Crippen LogP contribution in [0.2, 0.25) is 10.0 Å². The summed E-state index contributed by atoms with van der Waals surface area (Å²) in [7, 11) is 0. The van der Waals surface area contributed by atoms with E-state index in [1.165, 1.54) is 12.1 Å².